The molecule has 1 fully saturated rings. The summed E-state index contributed by atoms with van der Waals surface area (Å²) in [7, 11) is 0. The Morgan fingerprint density at radius 2 is 1.57 bits per heavy atom. The number of nitrogens with zero attached hydrogens (tertiary/aromatic N) is 4. The Labute approximate surface area is 225 Å². The predicted molar refractivity (Wildman–Crippen MR) is 121 cm³/mol. The average Bonchev–Trinajstić information content (AvgIpc) is 3.14. The summed E-state index contributed by atoms with van der Waals surface area (Å²) < 4.78 is 41.0. The van der Waals surface area contributed by atoms with Gasteiger partial charge in [-0.25, -0.2) is 0 Å². The van der Waals surface area contributed by atoms with Crippen LogP contribution >= 0.6 is 0 Å². The minimum atomic E-state index is -4.73. The number of pyridine rings is 1. The van der Waals surface area contributed by atoms with Crippen LogP contribution in [0, 0.1) is 37.2 Å². The van der Waals surface area contributed by atoms with Gasteiger partial charge in [-0.3, -0.25) is 4.98 Å². The van der Waals surface area contributed by atoms with Crippen LogP contribution in [0.3, 0.4) is 0 Å². The normalized spacial score (nSPS) is 15.6. The summed E-state index contributed by atoms with van der Waals surface area (Å²) in [5, 5.41) is 0. The maximum atomic E-state index is 12.8. The van der Waals surface area contributed by atoms with E-state index in [0.29, 0.717) is 18.7 Å². The van der Waals surface area contributed by atoms with Gasteiger partial charge in [-0.2, -0.15) is 0 Å². The predicted octanol–water partition coefficient (Wildman–Crippen LogP) is 4.26. The maximum Gasteiger partial charge on any atom is 0.573 e. The molecule has 0 spiro atoms. The Balaban J connectivity index is 0.00000289. The SMILES string of the molecule is O=C1c2[c-]cc(N3CCN(c4ccncc4)CC3)cc2CN1Cc1ccc(OC(F)(F)F)cc1.[U]. The number of hydrogen-bond donors (Lipinski definition) is 0. The number of ether oxygens (including phenoxy) is 1. The molecule has 0 aliphatic carbocycles. The zero-order valence-electron chi connectivity index (χ0n) is 18.8. The maximum absolute atomic E-state index is 12.8. The number of alkyl halides is 3. The number of amides is 1. The van der Waals surface area contributed by atoms with Crippen molar-refractivity contribution in [3.63, 3.8) is 0 Å². The third kappa shape index (κ3) is 5.93. The van der Waals surface area contributed by atoms with Gasteiger partial charge in [-0.05, 0) is 35.5 Å². The van der Waals surface area contributed by atoms with E-state index in [2.05, 4.69) is 25.6 Å². The topological polar surface area (TPSA) is 48.9 Å². The molecule has 0 unspecified atom stereocenters. The first kappa shape index (κ1) is 25.4. The second-order valence-electron chi connectivity index (χ2n) is 8.29. The number of carbonyl (C=O) groups excluding carboxylic acids is 1. The minimum Gasteiger partial charge on any atom is -0.407 e. The van der Waals surface area contributed by atoms with Crippen LogP contribution in [0.15, 0.2) is 60.9 Å². The van der Waals surface area contributed by atoms with Gasteiger partial charge in [0.25, 0.3) is 0 Å². The van der Waals surface area contributed by atoms with E-state index in [1.807, 2.05) is 24.3 Å². The largest absolute Gasteiger partial charge is 0.573 e. The molecule has 0 atom stereocenters. The van der Waals surface area contributed by atoms with E-state index >= 15 is 0 Å². The fourth-order valence-electron chi connectivity index (χ4n) is 4.40. The molecule has 35 heavy (non-hydrogen) atoms. The van der Waals surface area contributed by atoms with Crippen molar-refractivity contribution in [3.8, 4) is 5.75 Å². The molecule has 0 bridgehead atoms. The molecular weight excluding hydrogens is 683 g/mol. The fraction of sp³-hybridized carbons (Fsp3) is 0.280. The zero-order chi connectivity index (χ0) is 23.7. The number of anilines is 2. The summed E-state index contributed by atoms with van der Waals surface area (Å²) in [6, 6.07) is 16.7. The van der Waals surface area contributed by atoms with Crippen LogP contribution in [0.2, 0.25) is 0 Å². The van der Waals surface area contributed by atoms with E-state index in [1.165, 1.54) is 24.3 Å². The van der Waals surface area contributed by atoms with Gasteiger partial charge < -0.3 is 24.2 Å². The summed E-state index contributed by atoms with van der Waals surface area (Å²) >= 11 is 0. The van der Waals surface area contributed by atoms with Gasteiger partial charge in [0.1, 0.15) is 5.75 Å². The van der Waals surface area contributed by atoms with Crippen LogP contribution in [0.1, 0.15) is 21.5 Å². The number of carbonyl (C=O) groups is 1. The second-order valence-corrected chi connectivity index (χ2v) is 8.29. The number of rotatable bonds is 5. The van der Waals surface area contributed by atoms with Gasteiger partial charge in [-0.1, -0.05) is 17.7 Å². The summed E-state index contributed by atoms with van der Waals surface area (Å²) in [5.41, 5.74) is 4.39. The van der Waals surface area contributed by atoms with Crippen molar-refractivity contribution in [3.05, 3.63) is 83.7 Å². The smallest absolute Gasteiger partial charge is 0.407 e. The van der Waals surface area contributed by atoms with Gasteiger partial charge in [0.15, 0.2) is 5.91 Å². The Bertz CT molecular complexity index is 1170. The number of fused-ring (bicyclic) bond motifs is 1. The van der Waals surface area contributed by atoms with E-state index in [0.717, 1.165) is 48.7 Å². The molecule has 0 saturated carbocycles. The van der Waals surface area contributed by atoms with E-state index in [1.54, 1.807) is 17.3 Å². The van der Waals surface area contributed by atoms with Crippen LogP contribution in [0.5, 0.6) is 5.75 Å². The van der Waals surface area contributed by atoms with Crippen molar-refractivity contribution in [1.29, 1.82) is 0 Å². The number of piperazine rings is 1. The first-order valence-electron chi connectivity index (χ1n) is 10.9. The van der Waals surface area contributed by atoms with Gasteiger partial charge in [0.05, 0.1) is 0 Å². The first-order valence-corrected chi connectivity index (χ1v) is 10.9. The zero-order valence-corrected chi connectivity index (χ0v) is 22.9. The molecule has 1 aromatic heterocycles. The molecule has 180 valence electrons. The Kier molecular flexibility index (Phi) is 7.62. The van der Waals surface area contributed by atoms with Gasteiger partial charge in [0, 0.05) is 88.5 Å². The van der Waals surface area contributed by atoms with Crippen LogP contribution in [-0.2, 0) is 13.1 Å². The standard InChI is InChI=1S/C25H22F3N4O2.U/c26-25(27,28)34-22-4-1-18(2-5-22)16-32-17-19-15-21(3-6-23(19)24(32)33)31-13-11-30(12-14-31)20-7-9-29-10-8-20;/h1-5,7-10,15H,11-14,16-17H2;/q-1;. The summed E-state index contributed by atoms with van der Waals surface area (Å²) in [6.45, 7) is 4.24. The molecule has 2 aliphatic heterocycles. The Hall–Kier alpha value is -2.70. The number of benzene rings is 2. The van der Waals surface area contributed by atoms with Crippen LogP contribution < -0.4 is 14.5 Å². The Morgan fingerprint density at radius 3 is 2.20 bits per heavy atom. The average molecular weight is 706 g/mol. The second kappa shape index (κ2) is 10.5. The van der Waals surface area contributed by atoms with E-state index in [9.17, 15) is 18.0 Å². The quantitative estimate of drug-likeness (QED) is 0.372. The van der Waals surface area contributed by atoms with Gasteiger partial charge in [0.2, 0.25) is 0 Å². The summed E-state index contributed by atoms with van der Waals surface area (Å²) in [6.07, 6.45) is -1.14. The minimum absolute atomic E-state index is 0. The molecule has 5 rings (SSSR count). The monoisotopic (exact) mass is 705 g/mol. The van der Waals surface area contributed by atoms with Crippen molar-refractivity contribution < 1.29 is 53.8 Å². The molecular formula is C25H22F3N4O2U-. The third-order valence-corrected chi connectivity index (χ3v) is 6.07. The van der Waals surface area contributed by atoms with Crippen LogP contribution in [-0.4, -0.2) is 48.3 Å². The van der Waals surface area contributed by atoms with Crippen LogP contribution in [0.4, 0.5) is 24.5 Å². The van der Waals surface area contributed by atoms with Crippen molar-refractivity contribution in [1.82, 2.24) is 9.88 Å². The molecule has 2 aromatic carbocycles. The van der Waals surface area contributed by atoms with Gasteiger partial charge in [-0.15, -0.1) is 36.9 Å². The molecule has 1 amide bonds. The number of halogens is 3. The molecule has 0 radical (unpaired) electrons. The molecule has 3 aromatic rings. The molecule has 2 aliphatic rings. The van der Waals surface area contributed by atoms with E-state index in [4.69, 9.17) is 0 Å². The number of hydrogen-bond acceptors (Lipinski definition) is 5. The van der Waals surface area contributed by atoms with Gasteiger partial charge >= 0.3 is 6.36 Å². The Morgan fingerprint density at radius 1 is 0.943 bits per heavy atom. The number of aromatic nitrogens is 1. The summed E-state index contributed by atoms with van der Waals surface area (Å²) in [5.74, 6) is -0.408. The van der Waals surface area contributed by atoms with Crippen molar-refractivity contribution in [2.24, 2.45) is 0 Å². The fourth-order valence-corrected chi connectivity index (χ4v) is 4.40. The molecule has 3 heterocycles. The van der Waals surface area contributed by atoms with Crippen molar-refractivity contribution in [2.75, 3.05) is 36.0 Å². The van der Waals surface area contributed by atoms with Crippen molar-refractivity contribution in [2.45, 2.75) is 19.5 Å². The van der Waals surface area contributed by atoms with Crippen molar-refractivity contribution >= 4 is 17.3 Å². The van der Waals surface area contributed by atoms with E-state index < -0.39 is 6.36 Å². The molecule has 6 nitrogen and oxygen atoms in total. The molecule has 10 heteroatoms. The third-order valence-electron chi connectivity index (χ3n) is 6.07. The molecule has 0 N–H and O–H groups in total. The summed E-state index contributed by atoms with van der Waals surface area (Å²) in [4.78, 5) is 23.2. The van der Waals surface area contributed by atoms with Crippen LogP contribution in [0.25, 0.3) is 0 Å². The first-order chi connectivity index (χ1) is 16.4. The molecule has 1 saturated heterocycles. The van der Waals surface area contributed by atoms with E-state index in [-0.39, 0.29) is 42.8 Å².